The molecule has 0 fully saturated rings. The third-order valence-corrected chi connectivity index (χ3v) is 3.31. The molecule has 0 aliphatic carbocycles. The predicted molar refractivity (Wildman–Crippen MR) is 89.2 cm³/mol. The average molecular weight is 396 g/mol. The normalized spacial score (nSPS) is 10.0. The van der Waals surface area contributed by atoms with E-state index in [4.69, 9.17) is 14.2 Å². The highest BCUT2D eigenvalue weighted by Crippen LogP contribution is 2.25. The summed E-state index contributed by atoms with van der Waals surface area (Å²) in [5.74, 6) is 0.0346. The van der Waals surface area contributed by atoms with Crippen LogP contribution < -0.4 is 9.47 Å². The number of hydrogen-bond donors (Lipinski definition) is 0. The third-order valence-electron chi connectivity index (χ3n) is 2.82. The summed E-state index contributed by atoms with van der Waals surface area (Å²) in [5.41, 5.74) is -0.205. The number of hydrogen-bond acceptors (Lipinski definition) is 6. The molecule has 0 bridgehead atoms. The average Bonchev–Trinajstić information content (AvgIpc) is 2.57. The van der Waals surface area contributed by atoms with Crippen molar-refractivity contribution >= 4 is 27.6 Å². The van der Waals surface area contributed by atoms with Gasteiger partial charge in [0.25, 0.3) is 0 Å². The van der Waals surface area contributed by atoms with Crippen LogP contribution in [0.25, 0.3) is 0 Å². The van der Waals surface area contributed by atoms with Crippen molar-refractivity contribution < 1.29 is 23.9 Å². The van der Waals surface area contributed by atoms with E-state index in [-0.39, 0.29) is 24.7 Å². The van der Waals surface area contributed by atoms with Crippen molar-refractivity contribution in [2.24, 2.45) is 0 Å². The summed E-state index contributed by atoms with van der Waals surface area (Å²) >= 11 is 3.32. The second-order valence-electron chi connectivity index (χ2n) is 4.54. The Hall–Kier alpha value is -2.61. The minimum atomic E-state index is -0.633. The second kappa shape index (κ2) is 8.88. The summed E-state index contributed by atoms with van der Waals surface area (Å²) < 4.78 is 16.4. The van der Waals surface area contributed by atoms with Crippen molar-refractivity contribution in [2.75, 3.05) is 19.8 Å². The van der Waals surface area contributed by atoms with Gasteiger partial charge in [-0.1, -0.05) is 34.1 Å². The van der Waals surface area contributed by atoms with Crippen molar-refractivity contribution in [1.82, 2.24) is 0 Å². The lowest BCUT2D eigenvalue weighted by Gasteiger charge is -2.09. The maximum Gasteiger partial charge on any atom is 0.344 e. The Bertz CT molecular complexity index is 721. The van der Waals surface area contributed by atoms with Gasteiger partial charge in [-0.15, -0.1) is 0 Å². The molecule has 126 valence electrons. The quantitative estimate of drug-likeness (QED) is 0.294. The van der Waals surface area contributed by atoms with Gasteiger partial charge in [-0.2, -0.15) is 0 Å². The van der Waals surface area contributed by atoms with Crippen LogP contribution in [0.2, 0.25) is 0 Å². The topological polar surface area (TPSA) is 87.9 Å². The summed E-state index contributed by atoms with van der Waals surface area (Å²) in [6, 6.07) is 13.1. The van der Waals surface area contributed by atoms with E-state index in [1.54, 1.807) is 18.2 Å². The SMILES string of the molecule is O=C(COc1ccccc1[N+](=O)[O-])OCCOc1cccc(Br)c1. The van der Waals surface area contributed by atoms with E-state index < -0.39 is 17.5 Å². The van der Waals surface area contributed by atoms with E-state index in [1.165, 1.54) is 18.2 Å². The van der Waals surface area contributed by atoms with Crippen LogP contribution in [0.4, 0.5) is 5.69 Å². The summed E-state index contributed by atoms with van der Waals surface area (Å²) in [5, 5.41) is 10.8. The number of esters is 1. The number of carbonyl (C=O) groups excluding carboxylic acids is 1. The van der Waals surface area contributed by atoms with Crippen molar-refractivity contribution in [3.8, 4) is 11.5 Å². The van der Waals surface area contributed by atoms with Crippen LogP contribution in [-0.2, 0) is 9.53 Å². The van der Waals surface area contributed by atoms with Gasteiger partial charge in [0.05, 0.1) is 4.92 Å². The molecular weight excluding hydrogens is 382 g/mol. The first-order valence-corrected chi connectivity index (χ1v) is 7.76. The Kier molecular flexibility index (Phi) is 6.56. The summed E-state index contributed by atoms with van der Waals surface area (Å²) in [4.78, 5) is 21.8. The highest BCUT2D eigenvalue weighted by molar-refractivity contribution is 9.10. The van der Waals surface area contributed by atoms with E-state index in [1.807, 2.05) is 12.1 Å². The number of benzene rings is 2. The lowest BCUT2D eigenvalue weighted by molar-refractivity contribution is -0.385. The van der Waals surface area contributed by atoms with Gasteiger partial charge in [-0.25, -0.2) is 4.79 Å². The van der Waals surface area contributed by atoms with E-state index in [0.29, 0.717) is 5.75 Å². The molecule has 0 heterocycles. The molecule has 0 aliphatic rings. The molecule has 0 saturated carbocycles. The van der Waals surface area contributed by atoms with Crippen molar-refractivity contribution in [2.45, 2.75) is 0 Å². The second-order valence-corrected chi connectivity index (χ2v) is 5.46. The Labute approximate surface area is 146 Å². The van der Waals surface area contributed by atoms with Gasteiger partial charge >= 0.3 is 11.7 Å². The Morgan fingerprint density at radius 2 is 1.88 bits per heavy atom. The molecule has 2 rings (SSSR count). The standard InChI is InChI=1S/C16H14BrNO6/c17-12-4-3-5-13(10-12)22-8-9-23-16(19)11-24-15-7-2-1-6-14(15)18(20)21/h1-7,10H,8-9,11H2. The zero-order valence-electron chi connectivity index (χ0n) is 12.5. The molecule has 0 aliphatic heterocycles. The van der Waals surface area contributed by atoms with Crippen LogP contribution >= 0.6 is 15.9 Å². The summed E-state index contributed by atoms with van der Waals surface area (Å²) in [7, 11) is 0. The van der Waals surface area contributed by atoms with Gasteiger partial charge in [0, 0.05) is 10.5 Å². The summed E-state index contributed by atoms with van der Waals surface area (Å²) in [6.45, 7) is -0.180. The Morgan fingerprint density at radius 1 is 1.08 bits per heavy atom. The highest BCUT2D eigenvalue weighted by atomic mass is 79.9. The molecule has 0 aromatic heterocycles. The first-order chi connectivity index (χ1) is 11.6. The molecule has 2 aromatic rings. The van der Waals surface area contributed by atoms with Crippen LogP contribution in [-0.4, -0.2) is 30.7 Å². The number of para-hydroxylation sites is 2. The van der Waals surface area contributed by atoms with E-state index in [2.05, 4.69) is 15.9 Å². The van der Waals surface area contributed by atoms with E-state index in [0.717, 1.165) is 4.47 Å². The van der Waals surface area contributed by atoms with Crippen LogP contribution in [0.15, 0.2) is 53.0 Å². The first kappa shape index (κ1) is 17.7. The monoisotopic (exact) mass is 395 g/mol. The molecule has 0 atom stereocenters. The van der Waals surface area contributed by atoms with Crippen LogP contribution in [0.1, 0.15) is 0 Å². The molecule has 7 nitrogen and oxygen atoms in total. The van der Waals surface area contributed by atoms with Crippen LogP contribution in [0.5, 0.6) is 11.5 Å². The number of nitro groups is 1. The molecular formula is C16H14BrNO6. The van der Waals surface area contributed by atoms with Crippen LogP contribution in [0.3, 0.4) is 0 Å². The molecule has 2 aromatic carbocycles. The van der Waals surface area contributed by atoms with E-state index in [9.17, 15) is 14.9 Å². The Morgan fingerprint density at radius 3 is 2.62 bits per heavy atom. The number of ether oxygens (including phenoxy) is 3. The zero-order chi connectivity index (χ0) is 17.4. The van der Waals surface area contributed by atoms with Gasteiger partial charge < -0.3 is 14.2 Å². The number of nitrogens with zero attached hydrogens (tertiary/aromatic N) is 1. The zero-order valence-corrected chi connectivity index (χ0v) is 14.1. The molecule has 8 heteroatoms. The van der Waals surface area contributed by atoms with Gasteiger partial charge in [0.2, 0.25) is 0 Å². The number of rotatable bonds is 8. The minimum Gasteiger partial charge on any atom is -0.490 e. The Balaban J connectivity index is 1.71. The van der Waals surface area contributed by atoms with Crippen molar-refractivity contribution in [1.29, 1.82) is 0 Å². The first-order valence-electron chi connectivity index (χ1n) is 6.96. The number of carbonyl (C=O) groups is 1. The van der Waals surface area contributed by atoms with Crippen molar-refractivity contribution in [3.05, 3.63) is 63.1 Å². The molecule has 0 N–H and O–H groups in total. The van der Waals surface area contributed by atoms with Gasteiger partial charge in [0.1, 0.15) is 19.0 Å². The molecule has 0 amide bonds. The maximum absolute atomic E-state index is 11.6. The predicted octanol–water partition coefficient (Wildman–Crippen LogP) is 3.36. The highest BCUT2D eigenvalue weighted by Gasteiger charge is 2.15. The fourth-order valence-corrected chi connectivity index (χ4v) is 2.16. The lowest BCUT2D eigenvalue weighted by Crippen LogP contribution is -2.18. The third kappa shape index (κ3) is 5.54. The van der Waals surface area contributed by atoms with Gasteiger partial charge in [-0.05, 0) is 24.3 Å². The molecule has 24 heavy (non-hydrogen) atoms. The molecule has 0 spiro atoms. The molecule has 0 radical (unpaired) electrons. The molecule has 0 unspecified atom stereocenters. The smallest absolute Gasteiger partial charge is 0.344 e. The maximum atomic E-state index is 11.6. The number of halogens is 1. The summed E-state index contributed by atoms with van der Waals surface area (Å²) in [6.07, 6.45) is 0. The van der Waals surface area contributed by atoms with Crippen LogP contribution in [0, 0.1) is 10.1 Å². The fraction of sp³-hybridized carbons (Fsp3) is 0.188. The number of nitro benzene ring substituents is 1. The van der Waals surface area contributed by atoms with Gasteiger partial charge in [-0.3, -0.25) is 10.1 Å². The minimum absolute atomic E-state index is 0.0184. The lowest BCUT2D eigenvalue weighted by atomic mass is 10.3. The largest absolute Gasteiger partial charge is 0.490 e. The molecule has 0 saturated heterocycles. The fourth-order valence-electron chi connectivity index (χ4n) is 1.78. The van der Waals surface area contributed by atoms with Gasteiger partial charge in [0.15, 0.2) is 12.4 Å². The van der Waals surface area contributed by atoms with E-state index >= 15 is 0 Å². The van der Waals surface area contributed by atoms with Crippen molar-refractivity contribution in [3.63, 3.8) is 0 Å².